The van der Waals surface area contributed by atoms with Crippen LogP contribution in [0.25, 0.3) is 10.4 Å². The summed E-state index contributed by atoms with van der Waals surface area (Å²) in [5.41, 5.74) is 3.18. The summed E-state index contributed by atoms with van der Waals surface area (Å²) in [7, 11) is 0. The maximum atomic E-state index is 14.3. The van der Waals surface area contributed by atoms with Gasteiger partial charge >= 0.3 is 0 Å². The molecule has 3 atom stereocenters. The van der Waals surface area contributed by atoms with Crippen LogP contribution in [0.1, 0.15) is 49.8 Å². The van der Waals surface area contributed by atoms with Crippen LogP contribution < -0.4 is 10.1 Å². The van der Waals surface area contributed by atoms with Gasteiger partial charge < -0.3 is 15.0 Å². The van der Waals surface area contributed by atoms with E-state index in [1.165, 1.54) is 17.4 Å². The molecule has 1 aliphatic carbocycles. The summed E-state index contributed by atoms with van der Waals surface area (Å²) in [5.74, 6) is 0.672. The number of aromatic nitrogens is 1. The molecule has 2 aromatic carbocycles. The van der Waals surface area contributed by atoms with Crippen molar-refractivity contribution in [2.24, 2.45) is 5.92 Å². The van der Waals surface area contributed by atoms with E-state index in [1.54, 1.807) is 13.0 Å². The fourth-order valence-electron chi connectivity index (χ4n) is 5.53. The number of nitrogens with zero attached hydrogens (tertiary/aromatic N) is 2. The number of aryl methyl sites for hydroxylation is 1. The van der Waals surface area contributed by atoms with Crippen molar-refractivity contribution in [2.45, 2.75) is 45.2 Å². The van der Waals surface area contributed by atoms with Crippen molar-refractivity contribution in [3.05, 3.63) is 69.6 Å². The molecule has 2 fully saturated rings. The number of halogens is 1. The minimum Gasteiger partial charge on any atom is -0.493 e. The van der Waals surface area contributed by atoms with Gasteiger partial charge in [0.15, 0.2) is 0 Å². The van der Waals surface area contributed by atoms with E-state index in [0.29, 0.717) is 46.3 Å². The lowest BCUT2D eigenvalue weighted by molar-refractivity contribution is 0.0684. The molecule has 3 heterocycles. The standard InChI is InChI=1S/C27H26FN3O3S/c1-14-18(5-3-7-21(14)28)25-24(30-15(2)35-25)27(33)31-17(11-16-12-22(16)31)13-29-26(32)20-6-4-8-23-19(20)9-10-34-23/h3-8,16-17,22H,9-13H2,1-2H3,(H,29,32)/t16-,17+,22+/m1/s1. The Balaban J connectivity index is 1.24. The highest BCUT2D eigenvalue weighted by molar-refractivity contribution is 7.15. The maximum absolute atomic E-state index is 14.3. The van der Waals surface area contributed by atoms with Crippen molar-refractivity contribution in [2.75, 3.05) is 13.2 Å². The van der Waals surface area contributed by atoms with Crippen LogP contribution in [0.5, 0.6) is 5.75 Å². The molecular formula is C27H26FN3O3S. The number of carbonyl (C=O) groups excluding carboxylic acids is 2. The highest BCUT2D eigenvalue weighted by Gasteiger charge is 2.54. The van der Waals surface area contributed by atoms with E-state index < -0.39 is 0 Å². The lowest BCUT2D eigenvalue weighted by Crippen LogP contribution is -2.45. The van der Waals surface area contributed by atoms with Gasteiger partial charge in [-0.2, -0.15) is 0 Å². The number of ether oxygens (including phenoxy) is 1. The Morgan fingerprint density at radius 3 is 2.89 bits per heavy atom. The Labute approximate surface area is 207 Å². The number of thiazole rings is 1. The molecule has 6 rings (SSSR count). The summed E-state index contributed by atoms with van der Waals surface area (Å²) in [6.07, 6.45) is 2.57. The molecule has 1 N–H and O–H groups in total. The van der Waals surface area contributed by atoms with E-state index in [1.807, 2.05) is 36.1 Å². The summed E-state index contributed by atoms with van der Waals surface area (Å²) < 4.78 is 19.9. The lowest BCUT2D eigenvalue weighted by Gasteiger charge is -2.28. The molecule has 6 nitrogen and oxygen atoms in total. The predicted octanol–water partition coefficient (Wildman–Crippen LogP) is 4.53. The van der Waals surface area contributed by atoms with Gasteiger partial charge in [-0.25, -0.2) is 9.37 Å². The quantitative estimate of drug-likeness (QED) is 0.569. The number of amides is 2. The fourth-order valence-corrected chi connectivity index (χ4v) is 6.52. The van der Waals surface area contributed by atoms with Gasteiger partial charge in [-0.15, -0.1) is 11.3 Å². The van der Waals surface area contributed by atoms with Gasteiger partial charge in [0.05, 0.1) is 22.5 Å². The average molecular weight is 492 g/mol. The largest absolute Gasteiger partial charge is 0.493 e. The van der Waals surface area contributed by atoms with Crippen LogP contribution in [0.15, 0.2) is 36.4 Å². The third kappa shape index (κ3) is 3.80. The molecule has 35 heavy (non-hydrogen) atoms. The zero-order valence-electron chi connectivity index (χ0n) is 19.6. The summed E-state index contributed by atoms with van der Waals surface area (Å²) >= 11 is 1.41. The fraction of sp³-hybridized carbons (Fsp3) is 0.370. The van der Waals surface area contributed by atoms with E-state index in [-0.39, 0.29) is 29.7 Å². The molecule has 1 aromatic heterocycles. The summed E-state index contributed by atoms with van der Waals surface area (Å²) in [6, 6.07) is 10.6. The normalized spacial score (nSPS) is 21.9. The van der Waals surface area contributed by atoms with Crippen LogP contribution in [-0.2, 0) is 6.42 Å². The van der Waals surface area contributed by atoms with Crippen molar-refractivity contribution in [3.63, 3.8) is 0 Å². The Hall–Kier alpha value is -3.26. The first-order valence-electron chi connectivity index (χ1n) is 12.0. The first kappa shape index (κ1) is 22.2. The number of piperidine rings is 1. The number of rotatable bonds is 5. The van der Waals surface area contributed by atoms with Crippen LogP contribution >= 0.6 is 11.3 Å². The molecule has 2 amide bonds. The van der Waals surface area contributed by atoms with Crippen LogP contribution in [0.2, 0.25) is 0 Å². The van der Waals surface area contributed by atoms with Gasteiger partial charge in [0.2, 0.25) is 0 Å². The molecule has 180 valence electrons. The van der Waals surface area contributed by atoms with E-state index in [2.05, 4.69) is 10.3 Å². The van der Waals surface area contributed by atoms with Crippen molar-refractivity contribution in [1.29, 1.82) is 0 Å². The number of nitrogens with one attached hydrogen (secondary N) is 1. The number of benzene rings is 2. The third-order valence-electron chi connectivity index (χ3n) is 7.38. The van der Waals surface area contributed by atoms with Crippen molar-refractivity contribution in [1.82, 2.24) is 15.2 Å². The summed E-state index contributed by atoms with van der Waals surface area (Å²) in [6.45, 7) is 4.57. The van der Waals surface area contributed by atoms with Gasteiger partial charge in [0.1, 0.15) is 17.3 Å². The van der Waals surface area contributed by atoms with Crippen LogP contribution in [-0.4, -0.2) is 46.9 Å². The smallest absolute Gasteiger partial charge is 0.274 e. The molecule has 0 spiro atoms. The highest BCUT2D eigenvalue weighted by Crippen LogP contribution is 2.49. The van der Waals surface area contributed by atoms with E-state index in [9.17, 15) is 14.0 Å². The minimum absolute atomic E-state index is 0.0910. The van der Waals surface area contributed by atoms with E-state index in [0.717, 1.165) is 35.6 Å². The Bertz CT molecular complexity index is 1350. The molecular weight excluding hydrogens is 465 g/mol. The zero-order chi connectivity index (χ0) is 24.3. The summed E-state index contributed by atoms with van der Waals surface area (Å²) in [5, 5.41) is 3.83. The van der Waals surface area contributed by atoms with Gasteiger partial charge in [-0.3, -0.25) is 9.59 Å². The molecule has 1 saturated heterocycles. The van der Waals surface area contributed by atoms with E-state index >= 15 is 0 Å². The molecule has 3 aromatic rings. The number of hydrogen-bond acceptors (Lipinski definition) is 5. The van der Waals surface area contributed by atoms with Gasteiger partial charge in [-0.05, 0) is 61.9 Å². The molecule has 3 aliphatic rings. The molecule has 2 aliphatic heterocycles. The molecule has 0 unspecified atom stereocenters. The molecule has 1 saturated carbocycles. The van der Waals surface area contributed by atoms with Crippen molar-refractivity contribution in [3.8, 4) is 16.2 Å². The molecule has 0 radical (unpaired) electrons. The second-order valence-electron chi connectivity index (χ2n) is 9.58. The van der Waals surface area contributed by atoms with Crippen molar-refractivity contribution < 1.29 is 18.7 Å². The number of fused-ring (bicyclic) bond motifs is 2. The van der Waals surface area contributed by atoms with Crippen molar-refractivity contribution >= 4 is 23.2 Å². The Morgan fingerprint density at radius 1 is 1.20 bits per heavy atom. The topological polar surface area (TPSA) is 71.5 Å². The first-order valence-corrected chi connectivity index (χ1v) is 12.8. The first-order chi connectivity index (χ1) is 16.9. The molecule has 0 bridgehead atoms. The van der Waals surface area contributed by atoms with Gasteiger partial charge in [0, 0.05) is 30.1 Å². The second kappa shape index (κ2) is 8.45. The Morgan fingerprint density at radius 2 is 2.03 bits per heavy atom. The second-order valence-corrected chi connectivity index (χ2v) is 10.8. The average Bonchev–Trinajstić information content (AvgIpc) is 3.18. The van der Waals surface area contributed by atoms with E-state index in [4.69, 9.17) is 4.74 Å². The SMILES string of the molecule is Cc1nc(C(=O)N2[C@H](CNC(=O)c3cccc4c3CCO4)C[C@@H]3C[C@@H]32)c(-c2cccc(F)c2C)s1. The Kier molecular flexibility index (Phi) is 5.36. The monoisotopic (exact) mass is 491 g/mol. The number of hydrogen-bond donors (Lipinski definition) is 1. The van der Waals surface area contributed by atoms with Crippen LogP contribution in [0.3, 0.4) is 0 Å². The lowest BCUT2D eigenvalue weighted by atomic mass is 10.0. The maximum Gasteiger partial charge on any atom is 0.274 e. The predicted molar refractivity (Wildman–Crippen MR) is 131 cm³/mol. The number of carbonyl (C=O) groups is 2. The number of likely N-dealkylation sites (tertiary alicyclic amines) is 1. The van der Waals surface area contributed by atoms with Gasteiger partial charge in [0.25, 0.3) is 11.8 Å². The van der Waals surface area contributed by atoms with Gasteiger partial charge in [-0.1, -0.05) is 18.2 Å². The minimum atomic E-state index is -0.297. The summed E-state index contributed by atoms with van der Waals surface area (Å²) in [4.78, 5) is 34.0. The third-order valence-corrected chi connectivity index (χ3v) is 8.38. The van der Waals surface area contributed by atoms with Crippen LogP contribution in [0.4, 0.5) is 4.39 Å². The zero-order valence-corrected chi connectivity index (χ0v) is 20.5. The molecule has 8 heteroatoms. The van der Waals surface area contributed by atoms with Crippen LogP contribution in [0, 0.1) is 25.6 Å². The highest BCUT2D eigenvalue weighted by atomic mass is 32.1.